The average Bonchev–Trinajstić information content (AvgIpc) is 3.05. The van der Waals surface area contributed by atoms with E-state index in [-0.39, 0.29) is 5.60 Å². The lowest BCUT2D eigenvalue weighted by atomic mass is 10.0. The van der Waals surface area contributed by atoms with Crippen molar-refractivity contribution in [2.45, 2.75) is 155 Å². The molecule has 1 atom stereocenters. The van der Waals surface area contributed by atoms with Crippen LogP contribution >= 0.6 is 0 Å². The Kier molecular flexibility index (Phi) is 23.9. The first-order chi connectivity index (χ1) is 22.1. The van der Waals surface area contributed by atoms with Crippen molar-refractivity contribution < 1.29 is 33.2 Å². The number of unbranched alkanes of at least 4 members (excludes halogenated alkanes) is 15. The maximum absolute atomic E-state index is 12.0. The second kappa shape index (κ2) is 26.1. The van der Waals surface area contributed by atoms with Gasteiger partial charge in [0.1, 0.15) is 12.4 Å². The van der Waals surface area contributed by atoms with Crippen LogP contribution in [0.15, 0.2) is 24.3 Å². The third-order valence-corrected chi connectivity index (χ3v) is 8.19. The maximum atomic E-state index is 12.0. The summed E-state index contributed by atoms with van der Waals surface area (Å²) in [6.45, 7) is 12.2. The largest absolute Gasteiger partial charge is 0.491 e. The van der Waals surface area contributed by atoms with E-state index in [0.29, 0.717) is 33.0 Å². The summed E-state index contributed by atoms with van der Waals surface area (Å²) in [7, 11) is 3.27. The molecule has 0 spiro atoms. The van der Waals surface area contributed by atoms with E-state index in [9.17, 15) is 4.79 Å². The number of ether oxygens (including phenoxy) is 6. The fourth-order valence-electron chi connectivity index (χ4n) is 4.93. The second-order valence-corrected chi connectivity index (χ2v) is 13.7. The number of carbonyl (C=O) groups is 1. The van der Waals surface area contributed by atoms with Gasteiger partial charge in [0.25, 0.3) is 0 Å². The van der Waals surface area contributed by atoms with E-state index in [2.05, 4.69) is 12.2 Å². The second-order valence-electron chi connectivity index (χ2n) is 13.7. The highest BCUT2D eigenvalue weighted by molar-refractivity contribution is 5.66. The molecule has 0 aromatic heterocycles. The van der Waals surface area contributed by atoms with Gasteiger partial charge in [0.05, 0.1) is 31.0 Å². The van der Waals surface area contributed by atoms with E-state index < -0.39 is 18.0 Å². The van der Waals surface area contributed by atoms with Crippen molar-refractivity contribution in [3.63, 3.8) is 0 Å². The maximum Gasteiger partial charge on any atom is 0.407 e. The Bertz CT molecular complexity index is 859. The first-order valence-electron chi connectivity index (χ1n) is 18.1. The molecule has 1 N–H and O–H groups in total. The van der Waals surface area contributed by atoms with Crippen LogP contribution in [0, 0.1) is 0 Å². The lowest BCUT2D eigenvalue weighted by Gasteiger charge is -2.31. The average molecular weight is 652 g/mol. The smallest absolute Gasteiger partial charge is 0.407 e. The van der Waals surface area contributed by atoms with Gasteiger partial charge in [0.15, 0.2) is 6.29 Å². The zero-order valence-corrected chi connectivity index (χ0v) is 30.6. The molecule has 8 heteroatoms. The van der Waals surface area contributed by atoms with Crippen LogP contribution in [0.4, 0.5) is 4.79 Å². The zero-order chi connectivity index (χ0) is 33.9. The van der Waals surface area contributed by atoms with Gasteiger partial charge in [-0.15, -0.1) is 0 Å². The lowest BCUT2D eigenvalue weighted by Crippen LogP contribution is -2.39. The van der Waals surface area contributed by atoms with E-state index in [1.807, 2.05) is 52.0 Å². The van der Waals surface area contributed by atoms with Crippen molar-refractivity contribution >= 4 is 6.09 Å². The quantitative estimate of drug-likeness (QED) is 0.0655. The molecule has 0 bridgehead atoms. The monoisotopic (exact) mass is 652 g/mol. The first kappa shape index (κ1) is 42.2. The summed E-state index contributed by atoms with van der Waals surface area (Å²) in [6.07, 6.45) is 20.2. The summed E-state index contributed by atoms with van der Waals surface area (Å²) in [5.41, 5.74) is 0.0417. The topological polar surface area (TPSA) is 84.5 Å². The van der Waals surface area contributed by atoms with Gasteiger partial charge in [-0.2, -0.15) is 0 Å². The third kappa shape index (κ3) is 22.6. The standard InChI is InChI=1S/C38H69NO7/c1-8-9-10-11-12-13-14-15-16-17-18-19-20-21-22-23-29-44-36(40)39-28-30-43-35(41-6)33-24-26-34(27-25-33)45-31-38(4,5)46-32-37(2,3)42-7/h24-27,35H,8-23,28-32H2,1-7H3,(H,39,40). The molecule has 0 saturated carbocycles. The normalized spacial score (nSPS) is 12.7. The number of nitrogens with one attached hydrogen (secondary N) is 1. The number of benzene rings is 1. The minimum atomic E-state index is -0.548. The molecule has 0 aliphatic carbocycles. The summed E-state index contributed by atoms with van der Waals surface area (Å²) < 4.78 is 34.0. The molecule has 8 nitrogen and oxygen atoms in total. The molecule has 1 aromatic carbocycles. The van der Waals surface area contributed by atoms with E-state index >= 15 is 0 Å². The molecule has 1 amide bonds. The molecular weight excluding hydrogens is 582 g/mol. The van der Waals surface area contributed by atoms with Crippen molar-refractivity contribution in [1.29, 1.82) is 0 Å². The third-order valence-electron chi connectivity index (χ3n) is 8.19. The van der Waals surface area contributed by atoms with Crippen LogP contribution in [0.2, 0.25) is 0 Å². The van der Waals surface area contributed by atoms with Gasteiger partial charge in [0, 0.05) is 26.3 Å². The van der Waals surface area contributed by atoms with Crippen molar-refractivity contribution in [3.8, 4) is 5.75 Å². The molecule has 0 aliphatic rings. The van der Waals surface area contributed by atoms with Crippen LogP contribution in [0.5, 0.6) is 5.75 Å². The summed E-state index contributed by atoms with van der Waals surface area (Å²) >= 11 is 0. The highest BCUT2D eigenvalue weighted by Crippen LogP contribution is 2.23. The summed E-state index contributed by atoms with van der Waals surface area (Å²) in [4.78, 5) is 12.0. The predicted molar refractivity (Wildman–Crippen MR) is 188 cm³/mol. The fraction of sp³-hybridized carbons (Fsp3) is 0.816. The molecule has 0 radical (unpaired) electrons. The van der Waals surface area contributed by atoms with Crippen LogP contribution in [-0.2, 0) is 23.7 Å². The van der Waals surface area contributed by atoms with Gasteiger partial charge in [-0.25, -0.2) is 4.79 Å². The lowest BCUT2D eigenvalue weighted by molar-refractivity contribution is -0.126. The van der Waals surface area contributed by atoms with E-state index in [1.54, 1.807) is 14.2 Å². The number of amides is 1. The molecule has 268 valence electrons. The number of carbonyl (C=O) groups excluding carboxylic acids is 1. The summed E-state index contributed by atoms with van der Waals surface area (Å²) in [5.74, 6) is 0.732. The van der Waals surface area contributed by atoms with Gasteiger partial charge in [0.2, 0.25) is 0 Å². The van der Waals surface area contributed by atoms with Gasteiger partial charge in [-0.1, -0.05) is 115 Å². The number of hydrogen-bond donors (Lipinski definition) is 1. The Hall–Kier alpha value is -1.87. The number of hydrogen-bond acceptors (Lipinski definition) is 7. The molecule has 1 aromatic rings. The molecule has 1 unspecified atom stereocenters. The van der Waals surface area contributed by atoms with E-state index in [4.69, 9.17) is 28.4 Å². The molecular formula is C38H69NO7. The fourth-order valence-corrected chi connectivity index (χ4v) is 4.93. The molecule has 46 heavy (non-hydrogen) atoms. The molecule has 0 saturated heterocycles. The highest BCUT2D eigenvalue weighted by Gasteiger charge is 2.25. The Morgan fingerprint density at radius 2 is 1.22 bits per heavy atom. The SMILES string of the molecule is CCCCCCCCCCCCCCCCCCOC(=O)NCCOC(OC)c1ccc(OCC(C)(C)OCC(C)(C)OC)cc1. The van der Waals surface area contributed by atoms with Crippen LogP contribution < -0.4 is 10.1 Å². The Morgan fingerprint density at radius 1 is 0.696 bits per heavy atom. The van der Waals surface area contributed by atoms with E-state index in [0.717, 1.165) is 24.2 Å². The number of alkyl carbamates (subject to hydrolysis) is 1. The van der Waals surface area contributed by atoms with Crippen molar-refractivity contribution in [2.75, 3.05) is 47.2 Å². The van der Waals surface area contributed by atoms with Gasteiger partial charge >= 0.3 is 6.09 Å². The minimum Gasteiger partial charge on any atom is -0.491 e. The van der Waals surface area contributed by atoms with E-state index in [1.165, 1.54) is 89.9 Å². The van der Waals surface area contributed by atoms with Crippen LogP contribution in [0.3, 0.4) is 0 Å². The minimum absolute atomic E-state index is 0.300. The Morgan fingerprint density at radius 3 is 1.72 bits per heavy atom. The number of rotatable bonds is 30. The van der Waals surface area contributed by atoms with Crippen LogP contribution in [-0.4, -0.2) is 64.5 Å². The van der Waals surface area contributed by atoms with Crippen LogP contribution in [0.25, 0.3) is 0 Å². The summed E-state index contributed by atoms with van der Waals surface area (Å²) in [5, 5.41) is 2.75. The van der Waals surface area contributed by atoms with Crippen molar-refractivity contribution in [3.05, 3.63) is 29.8 Å². The predicted octanol–water partition coefficient (Wildman–Crippen LogP) is 9.93. The Balaban J connectivity index is 2.05. The molecule has 0 fully saturated rings. The van der Waals surface area contributed by atoms with Gasteiger partial charge in [-0.05, 0) is 46.2 Å². The van der Waals surface area contributed by atoms with Gasteiger partial charge in [-0.3, -0.25) is 0 Å². The molecule has 0 heterocycles. The van der Waals surface area contributed by atoms with Crippen LogP contribution in [0.1, 0.15) is 149 Å². The molecule has 1 rings (SSSR count). The Labute approximate surface area is 282 Å². The van der Waals surface area contributed by atoms with Crippen molar-refractivity contribution in [1.82, 2.24) is 5.32 Å². The number of methoxy groups -OCH3 is 2. The summed E-state index contributed by atoms with van der Waals surface area (Å²) in [6, 6.07) is 7.58. The highest BCUT2D eigenvalue weighted by atomic mass is 16.7. The van der Waals surface area contributed by atoms with Gasteiger partial charge < -0.3 is 33.7 Å². The zero-order valence-electron chi connectivity index (χ0n) is 30.6. The molecule has 0 aliphatic heterocycles. The van der Waals surface area contributed by atoms with Crippen molar-refractivity contribution in [2.24, 2.45) is 0 Å². The first-order valence-corrected chi connectivity index (χ1v) is 18.1.